The van der Waals surface area contributed by atoms with Crippen LogP contribution in [0.25, 0.3) is 0 Å². The average molecular weight is 482 g/mol. The van der Waals surface area contributed by atoms with Crippen molar-refractivity contribution in [2.45, 2.75) is 25.7 Å². The van der Waals surface area contributed by atoms with Crippen LogP contribution in [0.15, 0.2) is 42.5 Å². The highest BCUT2D eigenvalue weighted by atomic mass is 32.1. The molecule has 2 aromatic carbocycles. The van der Waals surface area contributed by atoms with Gasteiger partial charge in [0.15, 0.2) is 0 Å². The van der Waals surface area contributed by atoms with Crippen LogP contribution in [0.2, 0.25) is 0 Å². The van der Waals surface area contributed by atoms with Crippen molar-refractivity contribution in [1.82, 2.24) is 15.1 Å². The Morgan fingerprint density at radius 3 is 2.59 bits per heavy atom. The topological polar surface area (TPSA) is 106 Å². The van der Waals surface area contributed by atoms with Crippen molar-refractivity contribution in [3.05, 3.63) is 58.0 Å². The number of likely N-dealkylation sites (tertiary alicyclic amines) is 1. The van der Waals surface area contributed by atoms with Gasteiger partial charge >= 0.3 is 6.03 Å². The Hall–Kier alpha value is -3.66. The number of benzene rings is 2. The van der Waals surface area contributed by atoms with E-state index in [4.69, 9.17) is 9.47 Å². The second-order valence-corrected chi connectivity index (χ2v) is 9.06. The second kappa shape index (κ2) is 10.5. The molecule has 1 aliphatic rings. The number of nitrogens with one attached hydrogen (secondary N) is 2. The standard InChI is InChI=1S/C24H27N5O4S/c1-15-6-11-20(33-3)19(13-15)26-24(31)29-12-4-5-16(14-29)22-27-28-23(34-22)21(30)25-17-7-9-18(32-2)10-8-17/h6-11,13,16H,4-5,12,14H2,1-3H3,(H,25,30)(H,26,31)/t16-/m0/s1. The highest BCUT2D eigenvalue weighted by molar-refractivity contribution is 7.13. The number of aryl methyl sites for hydroxylation is 1. The highest BCUT2D eigenvalue weighted by Crippen LogP contribution is 2.31. The number of amides is 3. The van der Waals surface area contributed by atoms with Gasteiger partial charge in [0, 0.05) is 24.7 Å². The van der Waals surface area contributed by atoms with E-state index in [1.807, 2.05) is 25.1 Å². The highest BCUT2D eigenvalue weighted by Gasteiger charge is 2.28. The van der Waals surface area contributed by atoms with Crippen LogP contribution in [0.3, 0.4) is 0 Å². The number of hydrogen-bond donors (Lipinski definition) is 2. The van der Waals surface area contributed by atoms with Gasteiger partial charge in [0.25, 0.3) is 5.91 Å². The number of aromatic nitrogens is 2. The third kappa shape index (κ3) is 5.45. The summed E-state index contributed by atoms with van der Waals surface area (Å²) in [5.74, 6) is 1.04. The van der Waals surface area contributed by atoms with E-state index in [1.165, 1.54) is 11.3 Å². The zero-order chi connectivity index (χ0) is 24.1. The van der Waals surface area contributed by atoms with Gasteiger partial charge in [0.1, 0.15) is 16.5 Å². The Morgan fingerprint density at radius 2 is 1.85 bits per heavy atom. The van der Waals surface area contributed by atoms with Crippen LogP contribution in [-0.2, 0) is 0 Å². The molecule has 0 saturated carbocycles. The first kappa shape index (κ1) is 23.5. The van der Waals surface area contributed by atoms with Gasteiger partial charge in [-0.25, -0.2) is 4.79 Å². The summed E-state index contributed by atoms with van der Waals surface area (Å²) in [5.41, 5.74) is 2.32. The Bertz CT molecular complexity index is 1160. The molecule has 0 aliphatic carbocycles. The summed E-state index contributed by atoms with van der Waals surface area (Å²) in [4.78, 5) is 27.3. The van der Waals surface area contributed by atoms with Crippen LogP contribution >= 0.6 is 11.3 Å². The molecule has 10 heteroatoms. The van der Waals surface area contributed by atoms with Crippen LogP contribution in [-0.4, -0.2) is 54.3 Å². The van der Waals surface area contributed by atoms with Gasteiger partial charge < -0.3 is 25.0 Å². The molecule has 1 atom stereocenters. The molecule has 9 nitrogen and oxygen atoms in total. The third-order valence-corrected chi connectivity index (χ3v) is 6.72. The summed E-state index contributed by atoms with van der Waals surface area (Å²) in [5, 5.41) is 15.2. The van der Waals surface area contributed by atoms with Gasteiger partial charge in [0.05, 0.1) is 19.9 Å². The molecule has 4 rings (SSSR count). The molecule has 0 radical (unpaired) electrons. The molecular weight excluding hydrogens is 454 g/mol. The first-order valence-electron chi connectivity index (χ1n) is 11.0. The minimum Gasteiger partial charge on any atom is -0.497 e. The summed E-state index contributed by atoms with van der Waals surface area (Å²) in [6.07, 6.45) is 1.72. The zero-order valence-corrected chi connectivity index (χ0v) is 20.1. The molecule has 1 aliphatic heterocycles. The number of piperidine rings is 1. The number of carbonyl (C=O) groups excluding carboxylic acids is 2. The molecule has 2 heterocycles. The lowest BCUT2D eigenvalue weighted by Crippen LogP contribution is -2.41. The number of ether oxygens (including phenoxy) is 2. The molecule has 0 bridgehead atoms. The van der Waals surface area contributed by atoms with Gasteiger partial charge in [0.2, 0.25) is 5.01 Å². The van der Waals surface area contributed by atoms with Crippen molar-refractivity contribution in [2.75, 3.05) is 37.9 Å². The zero-order valence-electron chi connectivity index (χ0n) is 19.3. The lowest BCUT2D eigenvalue weighted by Gasteiger charge is -2.31. The predicted octanol–water partition coefficient (Wildman–Crippen LogP) is 4.53. The average Bonchev–Trinajstić information content (AvgIpc) is 3.35. The van der Waals surface area contributed by atoms with E-state index in [0.29, 0.717) is 36.0 Å². The Labute approximate surface area is 202 Å². The van der Waals surface area contributed by atoms with Gasteiger partial charge in [-0.05, 0) is 61.7 Å². The first-order chi connectivity index (χ1) is 16.5. The fourth-order valence-electron chi connectivity index (χ4n) is 3.83. The molecule has 2 N–H and O–H groups in total. The summed E-state index contributed by atoms with van der Waals surface area (Å²) in [7, 11) is 3.17. The molecule has 1 aromatic heterocycles. The molecule has 178 valence electrons. The molecular formula is C24H27N5O4S. The van der Waals surface area contributed by atoms with Crippen molar-refractivity contribution in [3.63, 3.8) is 0 Å². The van der Waals surface area contributed by atoms with E-state index in [2.05, 4.69) is 20.8 Å². The van der Waals surface area contributed by atoms with Crippen molar-refractivity contribution in [1.29, 1.82) is 0 Å². The minimum atomic E-state index is -0.314. The maximum atomic E-state index is 12.9. The summed E-state index contributed by atoms with van der Waals surface area (Å²) in [6.45, 7) is 3.12. The monoisotopic (exact) mass is 481 g/mol. The molecule has 0 spiro atoms. The Balaban J connectivity index is 1.39. The number of methoxy groups -OCH3 is 2. The third-order valence-electron chi connectivity index (χ3n) is 5.64. The maximum Gasteiger partial charge on any atom is 0.321 e. The fraction of sp³-hybridized carbons (Fsp3) is 0.333. The number of anilines is 2. The van der Waals surface area contributed by atoms with Gasteiger partial charge in [-0.2, -0.15) is 0 Å². The number of rotatable bonds is 6. The van der Waals surface area contributed by atoms with Crippen LogP contribution in [0.1, 0.15) is 39.1 Å². The maximum absolute atomic E-state index is 12.9. The predicted molar refractivity (Wildman–Crippen MR) is 131 cm³/mol. The number of nitrogens with zero attached hydrogens (tertiary/aromatic N) is 3. The van der Waals surface area contributed by atoms with Crippen molar-refractivity contribution >= 4 is 34.6 Å². The van der Waals surface area contributed by atoms with E-state index in [9.17, 15) is 9.59 Å². The van der Waals surface area contributed by atoms with Crippen LogP contribution < -0.4 is 20.1 Å². The Kier molecular flexibility index (Phi) is 7.27. The van der Waals surface area contributed by atoms with Crippen LogP contribution in [0, 0.1) is 6.92 Å². The van der Waals surface area contributed by atoms with Gasteiger partial charge in [-0.3, -0.25) is 4.79 Å². The minimum absolute atomic E-state index is 0.0268. The lowest BCUT2D eigenvalue weighted by atomic mass is 9.99. The fourth-order valence-corrected chi connectivity index (χ4v) is 4.69. The summed E-state index contributed by atoms with van der Waals surface area (Å²) in [6, 6.07) is 12.5. The summed E-state index contributed by atoms with van der Waals surface area (Å²) < 4.78 is 10.5. The smallest absolute Gasteiger partial charge is 0.321 e. The largest absolute Gasteiger partial charge is 0.497 e. The normalized spacial score (nSPS) is 15.5. The number of carbonyl (C=O) groups is 2. The van der Waals surface area contributed by atoms with Crippen molar-refractivity contribution in [2.24, 2.45) is 0 Å². The molecule has 1 fully saturated rings. The second-order valence-electron chi connectivity index (χ2n) is 8.05. The van der Waals surface area contributed by atoms with Gasteiger partial charge in [-0.1, -0.05) is 17.4 Å². The van der Waals surface area contributed by atoms with Gasteiger partial charge in [-0.15, -0.1) is 10.2 Å². The quantitative estimate of drug-likeness (QED) is 0.536. The van der Waals surface area contributed by atoms with Crippen LogP contribution in [0.4, 0.5) is 16.2 Å². The van der Waals surface area contributed by atoms with E-state index in [1.54, 1.807) is 43.4 Å². The molecule has 34 heavy (non-hydrogen) atoms. The van der Waals surface area contributed by atoms with Crippen LogP contribution in [0.5, 0.6) is 11.5 Å². The molecule has 3 amide bonds. The van der Waals surface area contributed by atoms with E-state index in [-0.39, 0.29) is 22.9 Å². The van der Waals surface area contributed by atoms with E-state index in [0.717, 1.165) is 23.4 Å². The number of hydrogen-bond acceptors (Lipinski definition) is 7. The van der Waals surface area contributed by atoms with E-state index >= 15 is 0 Å². The number of urea groups is 1. The first-order valence-corrected chi connectivity index (χ1v) is 11.8. The molecule has 0 unspecified atom stereocenters. The Morgan fingerprint density at radius 1 is 1.06 bits per heavy atom. The lowest BCUT2D eigenvalue weighted by molar-refractivity contribution is 0.102. The SMILES string of the molecule is COc1ccc(NC(=O)c2nnc([C@H]3CCCN(C(=O)Nc4cc(C)ccc4OC)C3)s2)cc1. The van der Waals surface area contributed by atoms with E-state index < -0.39 is 0 Å². The van der Waals surface area contributed by atoms with Crippen molar-refractivity contribution in [3.8, 4) is 11.5 Å². The molecule has 3 aromatic rings. The van der Waals surface area contributed by atoms with Crippen molar-refractivity contribution < 1.29 is 19.1 Å². The summed E-state index contributed by atoms with van der Waals surface area (Å²) >= 11 is 1.26. The molecule has 1 saturated heterocycles.